The number of rotatable bonds is 34. The first kappa shape index (κ1) is 55.5. The predicted octanol–water partition coefficient (Wildman–Crippen LogP) is 15.9. The molecule has 0 aliphatic heterocycles. The van der Waals surface area contributed by atoms with E-state index in [2.05, 4.69) is 31.9 Å². The highest BCUT2D eigenvalue weighted by Crippen LogP contribution is 2.25. The van der Waals surface area contributed by atoms with Crippen LogP contribution in [0.3, 0.4) is 0 Å². The van der Waals surface area contributed by atoms with Gasteiger partial charge in [0.1, 0.15) is 34.5 Å². The summed E-state index contributed by atoms with van der Waals surface area (Å²) in [4.78, 5) is 51.6. The number of carbonyl (C=O) groups is 4. The molecule has 0 fully saturated rings. The zero-order chi connectivity index (χ0) is 49.4. The van der Waals surface area contributed by atoms with Crippen molar-refractivity contribution >= 4 is 55.7 Å². The van der Waals surface area contributed by atoms with E-state index in [-0.39, 0.29) is 34.1 Å². The van der Waals surface area contributed by atoms with Crippen molar-refractivity contribution in [3.63, 3.8) is 0 Å². The highest BCUT2D eigenvalue weighted by Gasteiger charge is 2.15. The van der Waals surface area contributed by atoms with Gasteiger partial charge in [-0.25, -0.2) is 19.2 Å². The van der Waals surface area contributed by atoms with Gasteiger partial charge >= 0.3 is 23.9 Å². The van der Waals surface area contributed by atoms with Crippen molar-refractivity contribution in [1.29, 1.82) is 0 Å². The van der Waals surface area contributed by atoms with Crippen LogP contribution in [0.15, 0.2) is 121 Å². The average molecular weight is 1080 g/mol. The molecule has 0 heterocycles. The summed E-state index contributed by atoms with van der Waals surface area (Å²) in [5, 5.41) is 2.21. The number of alkyl halides is 2. The third-order valence-electron chi connectivity index (χ3n) is 11.6. The van der Waals surface area contributed by atoms with E-state index in [1.165, 1.54) is 157 Å². The highest BCUT2D eigenvalue weighted by molar-refractivity contribution is 9.09. The number of benzene rings is 5. The van der Waals surface area contributed by atoms with Gasteiger partial charge in [-0.3, -0.25) is 0 Å². The van der Waals surface area contributed by atoms with E-state index in [0.717, 1.165) is 36.3 Å². The van der Waals surface area contributed by atoms with E-state index in [0.29, 0.717) is 35.8 Å². The maximum Gasteiger partial charge on any atom is 0.343 e. The van der Waals surface area contributed by atoms with Crippen LogP contribution in [-0.4, -0.2) is 47.8 Å². The van der Waals surface area contributed by atoms with Crippen LogP contribution in [0.2, 0.25) is 0 Å². The van der Waals surface area contributed by atoms with Crippen molar-refractivity contribution in [2.24, 2.45) is 0 Å². The normalized spacial score (nSPS) is 10.9. The summed E-state index contributed by atoms with van der Waals surface area (Å²) >= 11 is 6.98. The molecule has 0 bridgehead atoms. The van der Waals surface area contributed by atoms with Crippen LogP contribution >= 0.6 is 31.9 Å². The molecule has 0 radical (unpaired) electrons. The minimum Gasteiger partial charge on any atom is -0.494 e. The predicted molar refractivity (Wildman–Crippen MR) is 283 cm³/mol. The molecule has 5 aromatic rings. The second-order valence-corrected chi connectivity index (χ2v) is 18.9. The Morgan fingerprint density at radius 1 is 0.286 bits per heavy atom. The molecule has 0 aliphatic carbocycles. The third-order valence-corrected chi connectivity index (χ3v) is 12.7. The zero-order valence-corrected chi connectivity index (χ0v) is 43.5. The van der Waals surface area contributed by atoms with Gasteiger partial charge in [0, 0.05) is 16.7 Å². The van der Waals surface area contributed by atoms with Gasteiger partial charge in [-0.15, -0.1) is 0 Å². The Bertz CT molecular complexity index is 2120. The lowest BCUT2D eigenvalue weighted by Gasteiger charge is -2.09. The summed E-state index contributed by atoms with van der Waals surface area (Å²) in [7, 11) is 0. The standard InChI is InChI=1S/C58H68Br2O10/c59-40-17-13-9-5-1-3-7-11-15-19-42-65-49-32-24-45(25-33-49)55(61)67-51-36-28-47(29-37-51)57(63)69-53-22-21-23-54(44-53)70-58(64)48-30-38-52(39-31-48)68-56(62)46-26-34-50(35-27-46)66-43-20-16-12-8-4-2-6-10-14-18-41-60/h21-39,44H,1-20,40-43H2. The molecular weight excluding hydrogens is 1020 g/mol. The van der Waals surface area contributed by atoms with Crippen LogP contribution in [0.1, 0.15) is 170 Å². The van der Waals surface area contributed by atoms with E-state index in [1.807, 2.05) is 0 Å². The minimum absolute atomic E-state index is 0.154. The summed E-state index contributed by atoms with van der Waals surface area (Å²) in [5.41, 5.74) is 1.18. The fraction of sp³-hybridized carbons (Fsp3) is 0.414. The molecule has 0 aliphatic rings. The van der Waals surface area contributed by atoms with Crippen molar-refractivity contribution in [1.82, 2.24) is 0 Å². The molecule has 5 rings (SSSR count). The number of ether oxygens (including phenoxy) is 6. The van der Waals surface area contributed by atoms with Crippen LogP contribution in [0, 0.1) is 0 Å². The zero-order valence-electron chi connectivity index (χ0n) is 40.4. The Balaban J connectivity index is 0.960. The Labute approximate surface area is 431 Å². The van der Waals surface area contributed by atoms with E-state index in [4.69, 9.17) is 28.4 Å². The molecule has 70 heavy (non-hydrogen) atoms. The summed E-state index contributed by atoms with van der Waals surface area (Å²) in [5.74, 6) is -0.170. The van der Waals surface area contributed by atoms with Crippen molar-refractivity contribution in [2.45, 2.75) is 128 Å². The number of carbonyl (C=O) groups excluding carboxylic acids is 4. The lowest BCUT2D eigenvalue weighted by Crippen LogP contribution is -2.11. The molecule has 0 atom stereocenters. The van der Waals surface area contributed by atoms with Gasteiger partial charge in [-0.2, -0.15) is 0 Å². The third kappa shape index (κ3) is 21.7. The fourth-order valence-electron chi connectivity index (χ4n) is 7.56. The van der Waals surface area contributed by atoms with Crippen molar-refractivity contribution in [3.05, 3.63) is 144 Å². The van der Waals surface area contributed by atoms with Crippen LogP contribution in [0.5, 0.6) is 34.5 Å². The first-order valence-electron chi connectivity index (χ1n) is 25.1. The second kappa shape index (κ2) is 33.2. The molecule has 0 saturated heterocycles. The monoisotopic (exact) mass is 1080 g/mol. The molecular formula is C58H68Br2O10. The molecule has 0 saturated carbocycles. The quantitative estimate of drug-likeness (QED) is 0.0170. The molecule has 5 aromatic carbocycles. The van der Waals surface area contributed by atoms with Crippen molar-refractivity contribution in [3.8, 4) is 34.5 Å². The van der Waals surface area contributed by atoms with Crippen molar-refractivity contribution in [2.75, 3.05) is 23.9 Å². The molecule has 0 amide bonds. The van der Waals surface area contributed by atoms with Crippen LogP contribution < -0.4 is 28.4 Å². The molecule has 0 N–H and O–H groups in total. The van der Waals surface area contributed by atoms with Gasteiger partial charge in [0.15, 0.2) is 0 Å². The SMILES string of the molecule is O=C(Oc1ccc(C(=O)Oc2cccc(OC(=O)c3ccc(OC(=O)c4ccc(OCCCCCCCCCCCCBr)cc4)cc3)c2)cc1)c1ccc(OCCCCCCCCCCCCBr)cc1. The number of esters is 4. The Hall–Kier alpha value is -5.46. The van der Waals surface area contributed by atoms with E-state index in [1.54, 1.807) is 66.7 Å². The number of unbranched alkanes of at least 4 members (excludes halogenated alkanes) is 18. The average Bonchev–Trinajstić information content (AvgIpc) is 3.38. The van der Waals surface area contributed by atoms with Gasteiger partial charge < -0.3 is 28.4 Å². The van der Waals surface area contributed by atoms with Gasteiger partial charge in [0.05, 0.1) is 35.5 Å². The maximum atomic E-state index is 13.0. The van der Waals surface area contributed by atoms with Crippen LogP contribution in [0.25, 0.3) is 0 Å². The van der Waals surface area contributed by atoms with Crippen molar-refractivity contribution < 1.29 is 47.6 Å². The van der Waals surface area contributed by atoms with Gasteiger partial charge in [-0.05, 0) is 135 Å². The van der Waals surface area contributed by atoms with E-state index in [9.17, 15) is 19.2 Å². The number of halogens is 2. The van der Waals surface area contributed by atoms with E-state index < -0.39 is 23.9 Å². The summed E-state index contributed by atoms with van der Waals surface area (Å²) < 4.78 is 33.9. The molecule has 10 nitrogen and oxygen atoms in total. The summed E-state index contributed by atoms with van der Waals surface area (Å²) in [6.45, 7) is 1.27. The fourth-order valence-corrected chi connectivity index (χ4v) is 8.35. The lowest BCUT2D eigenvalue weighted by atomic mass is 10.1. The lowest BCUT2D eigenvalue weighted by molar-refractivity contribution is 0.0723. The minimum atomic E-state index is -0.660. The molecule has 0 unspecified atom stereocenters. The largest absolute Gasteiger partial charge is 0.494 e. The van der Waals surface area contributed by atoms with Crippen LogP contribution in [0.4, 0.5) is 0 Å². The van der Waals surface area contributed by atoms with Gasteiger partial charge in [0.2, 0.25) is 0 Å². The Morgan fingerprint density at radius 2 is 0.529 bits per heavy atom. The maximum absolute atomic E-state index is 13.0. The second-order valence-electron chi connectivity index (χ2n) is 17.3. The summed E-state index contributed by atoms with van der Waals surface area (Å²) in [6.07, 6.45) is 25.0. The summed E-state index contributed by atoms with van der Waals surface area (Å²) in [6, 6.07) is 31.8. The van der Waals surface area contributed by atoms with Crippen LogP contribution in [-0.2, 0) is 0 Å². The number of hydrogen-bond donors (Lipinski definition) is 0. The molecule has 0 aromatic heterocycles. The highest BCUT2D eigenvalue weighted by atomic mass is 79.9. The van der Waals surface area contributed by atoms with Gasteiger partial charge in [-0.1, -0.05) is 141 Å². The Kier molecular flexibility index (Phi) is 26.3. The van der Waals surface area contributed by atoms with E-state index >= 15 is 0 Å². The number of hydrogen-bond acceptors (Lipinski definition) is 10. The first-order chi connectivity index (χ1) is 34.3. The topological polar surface area (TPSA) is 124 Å². The van der Waals surface area contributed by atoms with Gasteiger partial charge in [0.25, 0.3) is 0 Å². The Morgan fingerprint density at radius 3 is 0.814 bits per heavy atom. The first-order valence-corrected chi connectivity index (χ1v) is 27.3. The molecule has 374 valence electrons. The smallest absolute Gasteiger partial charge is 0.343 e. The molecule has 12 heteroatoms. The molecule has 0 spiro atoms.